The van der Waals surface area contributed by atoms with Crippen LogP contribution in [-0.2, 0) is 17.1 Å². The monoisotopic (exact) mass is 113 g/mol. The molecule has 0 N–H and O–H groups in total. The van der Waals surface area contributed by atoms with Gasteiger partial charge in [0.25, 0.3) is 0 Å². The SMILES string of the molecule is [F-].[F-].[F-].[Fe]. The van der Waals surface area contributed by atoms with Crippen molar-refractivity contribution in [1.29, 1.82) is 0 Å². The molecule has 0 rings (SSSR count). The Kier molecular flexibility index (Phi) is 22700. The van der Waals surface area contributed by atoms with Gasteiger partial charge in [0.05, 0.1) is 0 Å². The Bertz CT molecular complexity index is 3.25. The predicted molar refractivity (Wildman–Crippen MR) is 0 cm³/mol. The van der Waals surface area contributed by atoms with Crippen molar-refractivity contribution in [2.45, 2.75) is 0 Å². The van der Waals surface area contributed by atoms with Crippen LogP contribution in [0.5, 0.6) is 0 Å². The first-order valence-electron chi connectivity index (χ1n) is 0. The van der Waals surface area contributed by atoms with E-state index in [1.165, 1.54) is 0 Å². The molecule has 0 saturated heterocycles. The van der Waals surface area contributed by atoms with Crippen LogP contribution in [0.2, 0.25) is 0 Å². The summed E-state index contributed by atoms with van der Waals surface area (Å²) in [4.78, 5) is 0. The van der Waals surface area contributed by atoms with E-state index in [-0.39, 0.29) is 31.2 Å². The first-order valence-corrected chi connectivity index (χ1v) is 0. The Labute approximate surface area is 32.2 Å². The molecule has 4 heavy (non-hydrogen) atoms. The van der Waals surface area contributed by atoms with Crippen molar-refractivity contribution in [3.05, 3.63) is 0 Å². The number of hydrogen-bond donors (Lipinski definition) is 0. The largest absolute Gasteiger partial charge is 1.00 e. The van der Waals surface area contributed by atoms with E-state index in [9.17, 15) is 0 Å². The quantitative estimate of drug-likeness (QED) is 0.273. The van der Waals surface area contributed by atoms with Crippen LogP contribution in [0, 0.1) is 0 Å². The molecule has 0 aromatic heterocycles. The summed E-state index contributed by atoms with van der Waals surface area (Å²) in [6.45, 7) is 0. The number of hydrogen-bond acceptors (Lipinski definition) is 0. The average Bonchev–Trinajstić information content (AvgIpc) is 0. The number of halogens is 3. The molecule has 0 nitrogen and oxygen atoms in total. The summed E-state index contributed by atoms with van der Waals surface area (Å²) in [5.41, 5.74) is 0. The maximum Gasteiger partial charge on any atom is 0 e. The van der Waals surface area contributed by atoms with Crippen molar-refractivity contribution < 1.29 is 31.2 Å². The first-order chi connectivity index (χ1) is 0. The molecule has 0 bridgehead atoms. The van der Waals surface area contributed by atoms with Crippen molar-refractivity contribution in [3.63, 3.8) is 0 Å². The topological polar surface area (TPSA) is 0 Å². The third kappa shape index (κ3) is 41.3. The predicted octanol–water partition coefficient (Wildman–Crippen LogP) is -8.99. The normalized spacial score (nSPS) is 0. The maximum absolute atomic E-state index is 0. The van der Waals surface area contributed by atoms with Crippen LogP contribution in [0.25, 0.3) is 0 Å². The zero-order valence-corrected chi connectivity index (χ0v) is 2.59. The van der Waals surface area contributed by atoms with Crippen molar-refractivity contribution in [2.75, 3.05) is 0 Å². The molecule has 0 fully saturated rings. The second kappa shape index (κ2) is 184. The van der Waals surface area contributed by atoms with Crippen LogP contribution < -0.4 is 14.1 Å². The minimum absolute atomic E-state index is 0. The Morgan fingerprint density at radius 1 is 0.500 bits per heavy atom. The van der Waals surface area contributed by atoms with Crippen LogP contribution in [0.3, 0.4) is 0 Å². The maximum atomic E-state index is 0. The smallest absolute Gasteiger partial charge is 0 e. The van der Waals surface area contributed by atoms with Gasteiger partial charge in [-0.05, 0) is 0 Å². The van der Waals surface area contributed by atoms with E-state index in [2.05, 4.69) is 0 Å². The first kappa shape index (κ1) is 493. The Morgan fingerprint density at radius 2 is 0.500 bits per heavy atom. The minimum atomic E-state index is 0. The third-order valence-corrected chi connectivity index (χ3v) is 0. The fourth-order valence-corrected chi connectivity index (χ4v) is 0. The summed E-state index contributed by atoms with van der Waals surface area (Å²) in [6.07, 6.45) is 0. The molecule has 0 atom stereocenters. The van der Waals surface area contributed by atoms with Crippen molar-refractivity contribution in [2.24, 2.45) is 0 Å². The molecular formula is F3Fe-3. The van der Waals surface area contributed by atoms with E-state index in [1.54, 1.807) is 0 Å². The molecule has 0 saturated carbocycles. The van der Waals surface area contributed by atoms with Crippen molar-refractivity contribution in [3.8, 4) is 0 Å². The van der Waals surface area contributed by atoms with Crippen molar-refractivity contribution >= 4 is 0 Å². The summed E-state index contributed by atoms with van der Waals surface area (Å²) >= 11 is 0. The Hall–Kier alpha value is 0.309. The van der Waals surface area contributed by atoms with E-state index < -0.39 is 0 Å². The standard InChI is InChI=1S/3FH.Fe/h3*1H;/p-3. The number of rotatable bonds is 0. The molecule has 0 aromatic rings. The van der Waals surface area contributed by atoms with E-state index in [0.29, 0.717) is 0 Å². The van der Waals surface area contributed by atoms with Crippen LogP contribution in [-0.4, -0.2) is 0 Å². The summed E-state index contributed by atoms with van der Waals surface area (Å²) in [6, 6.07) is 0. The summed E-state index contributed by atoms with van der Waals surface area (Å²) in [5.74, 6) is 0. The van der Waals surface area contributed by atoms with Gasteiger partial charge in [0.1, 0.15) is 0 Å². The second-order valence-corrected chi connectivity index (χ2v) is 0. The Morgan fingerprint density at radius 3 is 0.500 bits per heavy atom. The van der Waals surface area contributed by atoms with Gasteiger partial charge in [0.2, 0.25) is 0 Å². The zero-order chi connectivity index (χ0) is 0. The molecule has 0 aliphatic carbocycles. The minimum Gasteiger partial charge on any atom is -1.00 e. The zero-order valence-electron chi connectivity index (χ0n) is 1.49. The summed E-state index contributed by atoms with van der Waals surface area (Å²) < 4.78 is 0. The van der Waals surface area contributed by atoms with E-state index >= 15 is 0 Å². The molecule has 4 heteroatoms. The van der Waals surface area contributed by atoms with Gasteiger partial charge in [-0.2, -0.15) is 0 Å². The van der Waals surface area contributed by atoms with Gasteiger partial charge in [-0.25, -0.2) is 0 Å². The van der Waals surface area contributed by atoms with Gasteiger partial charge in [0.15, 0.2) is 0 Å². The van der Waals surface area contributed by atoms with Crippen LogP contribution >= 0.6 is 0 Å². The Balaban J connectivity index is 0. The fraction of sp³-hybridized carbons (Fsp3) is 0. The summed E-state index contributed by atoms with van der Waals surface area (Å²) in [5, 5.41) is 0. The van der Waals surface area contributed by atoms with Crippen LogP contribution in [0.15, 0.2) is 0 Å². The van der Waals surface area contributed by atoms with Gasteiger partial charge in [0, 0.05) is 17.1 Å². The van der Waals surface area contributed by atoms with Gasteiger partial charge >= 0.3 is 0 Å². The molecule has 0 aliphatic heterocycles. The van der Waals surface area contributed by atoms with E-state index in [4.69, 9.17) is 0 Å². The molecule has 0 spiro atoms. The van der Waals surface area contributed by atoms with Crippen LogP contribution in [0.4, 0.5) is 0 Å². The molecule has 0 amide bonds. The molecule has 0 aliphatic rings. The van der Waals surface area contributed by atoms with Crippen molar-refractivity contribution in [1.82, 2.24) is 0 Å². The van der Waals surface area contributed by atoms with Gasteiger partial charge < -0.3 is 14.1 Å². The molecule has 0 heterocycles. The average molecular weight is 113 g/mol. The second-order valence-electron chi connectivity index (χ2n) is 0. The molecule has 32 valence electrons. The summed E-state index contributed by atoms with van der Waals surface area (Å²) in [7, 11) is 0. The van der Waals surface area contributed by atoms with Gasteiger partial charge in [-0.3, -0.25) is 0 Å². The van der Waals surface area contributed by atoms with E-state index in [1.807, 2.05) is 0 Å². The van der Waals surface area contributed by atoms with E-state index in [0.717, 1.165) is 0 Å². The van der Waals surface area contributed by atoms with Gasteiger partial charge in [-0.15, -0.1) is 0 Å². The molecule has 0 radical (unpaired) electrons. The fourth-order valence-electron chi connectivity index (χ4n) is 0. The molecule has 0 aromatic carbocycles. The third-order valence-electron chi connectivity index (χ3n) is 0. The van der Waals surface area contributed by atoms with Gasteiger partial charge in [-0.1, -0.05) is 0 Å². The van der Waals surface area contributed by atoms with Crippen LogP contribution in [0.1, 0.15) is 0 Å². The molecular weight excluding hydrogens is 113 g/mol. The molecule has 0 unspecified atom stereocenters.